The summed E-state index contributed by atoms with van der Waals surface area (Å²) in [5.74, 6) is -0.489. The zero-order valence-corrected chi connectivity index (χ0v) is 14.2. The number of rotatable bonds is 4. The molecule has 0 atom stereocenters. The van der Waals surface area contributed by atoms with Crippen molar-refractivity contribution in [3.8, 4) is 0 Å². The molecule has 2 rings (SSSR count). The van der Waals surface area contributed by atoms with Gasteiger partial charge in [0.2, 0.25) is 0 Å². The third-order valence-corrected chi connectivity index (χ3v) is 4.49. The Hall–Kier alpha value is -1.67. The summed E-state index contributed by atoms with van der Waals surface area (Å²) >= 11 is 4.33. The van der Waals surface area contributed by atoms with Crippen LogP contribution in [0.5, 0.6) is 0 Å². The number of hydrogen-bond donors (Lipinski definition) is 1. The molecular weight excluding hydrogens is 375 g/mol. The van der Waals surface area contributed by atoms with E-state index in [1.165, 1.54) is 24.9 Å². The number of thioether (sulfide) groups is 1. The Morgan fingerprint density at radius 3 is 2.86 bits per heavy atom. The first-order valence-electron chi connectivity index (χ1n) is 6.18. The lowest BCUT2D eigenvalue weighted by atomic mass is 10.2. The number of benzene rings is 1. The molecular formula is C14H12BrFN2O3S. The van der Waals surface area contributed by atoms with Gasteiger partial charge in [-0.2, -0.15) is 4.98 Å². The molecule has 1 aromatic heterocycles. The minimum atomic E-state index is -0.566. The number of ether oxygens (including phenoxy) is 1. The summed E-state index contributed by atoms with van der Waals surface area (Å²) in [5.41, 5.74) is 0.921. The number of halogens is 2. The molecule has 0 fully saturated rings. The van der Waals surface area contributed by atoms with Crippen molar-refractivity contribution >= 4 is 33.7 Å². The van der Waals surface area contributed by atoms with Crippen LogP contribution >= 0.6 is 27.7 Å². The van der Waals surface area contributed by atoms with E-state index < -0.39 is 11.7 Å². The Morgan fingerprint density at radius 2 is 2.23 bits per heavy atom. The second-order valence-electron chi connectivity index (χ2n) is 4.38. The third kappa shape index (κ3) is 3.75. The molecule has 2 aromatic rings. The van der Waals surface area contributed by atoms with E-state index in [0.717, 1.165) is 5.56 Å². The van der Waals surface area contributed by atoms with Gasteiger partial charge in [-0.05, 0) is 40.5 Å². The van der Waals surface area contributed by atoms with E-state index in [1.54, 1.807) is 19.1 Å². The average Bonchev–Trinajstić information content (AvgIpc) is 2.47. The SMILES string of the molecule is COC(=O)c1c(SCc2ccc(F)c(Br)c2)nc(=O)[nH]c1C. The Kier molecular flexibility index (Phi) is 5.36. The summed E-state index contributed by atoms with van der Waals surface area (Å²) in [6, 6.07) is 4.61. The van der Waals surface area contributed by atoms with Crippen LogP contribution in [-0.2, 0) is 10.5 Å². The molecule has 8 heteroatoms. The number of nitrogens with zero attached hydrogens (tertiary/aromatic N) is 1. The first kappa shape index (κ1) is 16.7. The highest BCUT2D eigenvalue weighted by Crippen LogP contribution is 2.27. The van der Waals surface area contributed by atoms with E-state index in [1.807, 2.05) is 0 Å². The molecule has 0 saturated carbocycles. The van der Waals surface area contributed by atoms with Crippen LogP contribution in [0.1, 0.15) is 21.6 Å². The topological polar surface area (TPSA) is 72.0 Å². The van der Waals surface area contributed by atoms with Gasteiger partial charge >= 0.3 is 11.7 Å². The van der Waals surface area contributed by atoms with E-state index >= 15 is 0 Å². The zero-order valence-electron chi connectivity index (χ0n) is 11.8. The van der Waals surface area contributed by atoms with E-state index in [-0.39, 0.29) is 16.4 Å². The van der Waals surface area contributed by atoms with Gasteiger partial charge in [0.15, 0.2) is 0 Å². The molecule has 0 spiro atoms. The number of carbonyl (C=O) groups excluding carboxylic acids is 1. The fourth-order valence-electron chi connectivity index (χ4n) is 1.79. The summed E-state index contributed by atoms with van der Waals surface area (Å²) in [7, 11) is 1.26. The summed E-state index contributed by atoms with van der Waals surface area (Å²) in [5, 5.41) is 0.286. The number of methoxy groups -OCH3 is 1. The number of aromatic nitrogens is 2. The van der Waals surface area contributed by atoms with Gasteiger partial charge in [0, 0.05) is 11.4 Å². The first-order valence-corrected chi connectivity index (χ1v) is 7.96. The van der Waals surface area contributed by atoms with Crippen molar-refractivity contribution < 1.29 is 13.9 Å². The molecule has 0 amide bonds. The van der Waals surface area contributed by atoms with Crippen molar-refractivity contribution in [1.29, 1.82) is 0 Å². The van der Waals surface area contributed by atoms with Crippen molar-refractivity contribution in [3.63, 3.8) is 0 Å². The molecule has 0 aliphatic heterocycles. The summed E-state index contributed by atoms with van der Waals surface area (Å²) in [6.07, 6.45) is 0. The van der Waals surface area contributed by atoms with Crippen molar-refractivity contribution in [2.45, 2.75) is 17.7 Å². The monoisotopic (exact) mass is 386 g/mol. The van der Waals surface area contributed by atoms with Crippen LogP contribution in [0.4, 0.5) is 4.39 Å². The van der Waals surface area contributed by atoms with Crippen LogP contribution in [0.2, 0.25) is 0 Å². The molecule has 0 bridgehead atoms. The van der Waals surface area contributed by atoms with Gasteiger partial charge in [0.05, 0.1) is 11.6 Å². The number of hydrogen-bond acceptors (Lipinski definition) is 5. The summed E-state index contributed by atoms with van der Waals surface area (Å²) < 4.78 is 18.3. The number of nitrogens with one attached hydrogen (secondary N) is 1. The Labute approximate surface area is 138 Å². The number of H-pyrrole nitrogens is 1. The molecule has 0 radical (unpaired) electrons. The third-order valence-electron chi connectivity index (χ3n) is 2.84. The van der Waals surface area contributed by atoms with Crippen molar-refractivity contribution in [1.82, 2.24) is 9.97 Å². The molecule has 1 heterocycles. The van der Waals surface area contributed by atoms with Crippen molar-refractivity contribution in [3.05, 3.63) is 55.8 Å². The number of esters is 1. The highest BCUT2D eigenvalue weighted by atomic mass is 79.9. The van der Waals surface area contributed by atoms with E-state index in [2.05, 4.69) is 25.9 Å². The lowest BCUT2D eigenvalue weighted by molar-refractivity contribution is 0.0594. The standard InChI is InChI=1S/C14H12BrFN2O3S/c1-7-11(13(19)21-2)12(18-14(20)17-7)22-6-8-3-4-10(16)9(15)5-8/h3-5H,6H2,1-2H3,(H,17,18,20). The first-order chi connectivity index (χ1) is 10.4. The minimum Gasteiger partial charge on any atom is -0.465 e. The molecule has 0 unspecified atom stereocenters. The van der Waals surface area contributed by atoms with Gasteiger partial charge in [0.25, 0.3) is 0 Å². The normalized spacial score (nSPS) is 10.5. The quantitative estimate of drug-likeness (QED) is 0.496. The van der Waals surface area contributed by atoms with Crippen LogP contribution in [0, 0.1) is 12.7 Å². The zero-order chi connectivity index (χ0) is 16.3. The van der Waals surface area contributed by atoms with Gasteiger partial charge in [-0.25, -0.2) is 14.0 Å². The molecule has 0 aliphatic carbocycles. The summed E-state index contributed by atoms with van der Waals surface area (Å²) in [4.78, 5) is 29.6. The highest BCUT2D eigenvalue weighted by Gasteiger charge is 2.18. The predicted octanol–water partition coefficient (Wildman–Crippen LogP) is 3.06. The number of carbonyl (C=O) groups is 1. The lowest BCUT2D eigenvalue weighted by Crippen LogP contribution is -2.19. The van der Waals surface area contributed by atoms with E-state index in [0.29, 0.717) is 15.9 Å². The van der Waals surface area contributed by atoms with Crippen molar-refractivity contribution in [2.75, 3.05) is 7.11 Å². The van der Waals surface area contributed by atoms with Gasteiger partial charge in [-0.3, -0.25) is 0 Å². The Morgan fingerprint density at radius 1 is 1.50 bits per heavy atom. The highest BCUT2D eigenvalue weighted by molar-refractivity contribution is 9.10. The maximum atomic E-state index is 13.2. The Balaban J connectivity index is 2.30. The smallest absolute Gasteiger partial charge is 0.346 e. The maximum absolute atomic E-state index is 13.2. The summed E-state index contributed by atoms with van der Waals surface area (Å²) in [6.45, 7) is 1.61. The maximum Gasteiger partial charge on any atom is 0.346 e. The molecule has 1 N–H and O–H groups in total. The molecule has 5 nitrogen and oxygen atoms in total. The molecule has 116 valence electrons. The fourth-order valence-corrected chi connectivity index (χ4v) is 3.22. The Bertz CT molecular complexity index is 779. The van der Waals surface area contributed by atoms with Gasteiger partial charge in [-0.15, -0.1) is 11.8 Å². The molecule has 0 saturated heterocycles. The average molecular weight is 387 g/mol. The molecule has 22 heavy (non-hydrogen) atoms. The van der Waals surface area contributed by atoms with Crippen LogP contribution in [0.15, 0.2) is 32.5 Å². The van der Waals surface area contributed by atoms with Crippen LogP contribution in [-0.4, -0.2) is 23.0 Å². The van der Waals surface area contributed by atoms with Gasteiger partial charge in [-0.1, -0.05) is 6.07 Å². The van der Waals surface area contributed by atoms with Gasteiger partial charge < -0.3 is 9.72 Å². The minimum absolute atomic E-state index is 0.230. The van der Waals surface area contributed by atoms with Crippen molar-refractivity contribution in [2.24, 2.45) is 0 Å². The molecule has 1 aromatic carbocycles. The van der Waals surface area contributed by atoms with Gasteiger partial charge in [0.1, 0.15) is 16.4 Å². The predicted molar refractivity (Wildman–Crippen MR) is 84.6 cm³/mol. The van der Waals surface area contributed by atoms with Crippen LogP contribution < -0.4 is 5.69 Å². The number of aryl methyl sites for hydroxylation is 1. The number of aromatic amines is 1. The molecule has 0 aliphatic rings. The second-order valence-corrected chi connectivity index (χ2v) is 6.19. The fraction of sp³-hybridized carbons (Fsp3) is 0.214. The second kappa shape index (κ2) is 7.06. The van der Waals surface area contributed by atoms with E-state index in [4.69, 9.17) is 4.74 Å². The largest absolute Gasteiger partial charge is 0.465 e. The van der Waals surface area contributed by atoms with E-state index in [9.17, 15) is 14.0 Å². The van der Waals surface area contributed by atoms with Crippen LogP contribution in [0.25, 0.3) is 0 Å². The van der Waals surface area contributed by atoms with Crippen LogP contribution in [0.3, 0.4) is 0 Å². The lowest BCUT2D eigenvalue weighted by Gasteiger charge is -2.09.